The summed E-state index contributed by atoms with van der Waals surface area (Å²) in [6.07, 6.45) is 0. The van der Waals surface area contributed by atoms with E-state index < -0.39 is 5.54 Å². The van der Waals surface area contributed by atoms with Crippen LogP contribution in [0.5, 0.6) is 0 Å². The number of furan rings is 1. The molecule has 0 aliphatic carbocycles. The van der Waals surface area contributed by atoms with Crippen molar-refractivity contribution in [1.82, 2.24) is 15.5 Å². The Morgan fingerprint density at radius 2 is 2.17 bits per heavy atom. The monoisotopic (exact) mass is 269 g/mol. The number of halogens is 1. The number of amides is 1. The van der Waals surface area contributed by atoms with Gasteiger partial charge in [-0.05, 0) is 37.6 Å². The van der Waals surface area contributed by atoms with E-state index in [1.54, 1.807) is 26.0 Å². The molecule has 0 fully saturated rings. The van der Waals surface area contributed by atoms with E-state index in [0.717, 1.165) is 0 Å². The second-order valence-corrected chi connectivity index (χ2v) is 4.71. The third kappa shape index (κ3) is 2.53. The first-order chi connectivity index (χ1) is 8.38. The van der Waals surface area contributed by atoms with Gasteiger partial charge in [0.1, 0.15) is 0 Å². The summed E-state index contributed by atoms with van der Waals surface area (Å²) in [5.41, 5.74) is -0.718. The molecule has 0 radical (unpaired) electrons. The van der Waals surface area contributed by atoms with Crippen LogP contribution in [-0.2, 0) is 10.3 Å². The molecular weight excluding hydrogens is 258 g/mol. The Balaban J connectivity index is 2.27. The molecule has 0 aromatic carbocycles. The number of hydrogen-bond acceptors (Lipinski definition) is 5. The van der Waals surface area contributed by atoms with Gasteiger partial charge in [0, 0.05) is 6.92 Å². The summed E-state index contributed by atoms with van der Waals surface area (Å²) in [6.45, 7) is 4.98. The molecule has 6 nitrogen and oxygen atoms in total. The van der Waals surface area contributed by atoms with E-state index >= 15 is 0 Å². The highest BCUT2D eigenvalue weighted by Crippen LogP contribution is 2.25. The first-order valence-corrected chi connectivity index (χ1v) is 5.65. The molecule has 1 N–H and O–H groups in total. The summed E-state index contributed by atoms with van der Waals surface area (Å²) in [5, 5.41) is 6.79. The molecule has 0 spiro atoms. The maximum absolute atomic E-state index is 11.1. The van der Waals surface area contributed by atoms with Gasteiger partial charge in [0.25, 0.3) is 5.89 Å². The van der Waals surface area contributed by atoms with Crippen LogP contribution in [0.4, 0.5) is 0 Å². The molecule has 2 aromatic rings. The van der Waals surface area contributed by atoms with Gasteiger partial charge in [-0.1, -0.05) is 5.16 Å². The Bertz CT molecular complexity index is 574. The number of carbonyl (C=O) groups is 1. The normalized spacial score (nSPS) is 11.6. The van der Waals surface area contributed by atoms with Crippen molar-refractivity contribution in [3.8, 4) is 11.7 Å². The van der Waals surface area contributed by atoms with Gasteiger partial charge in [-0.25, -0.2) is 0 Å². The Morgan fingerprint density at radius 3 is 2.72 bits per heavy atom. The van der Waals surface area contributed by atoms with Gasteiger partial charge in [-0.2, -0.15) is 4.98 Å². The van der Waals surface area contributed by atoms with Gasteiger partial charge in [0.05, 0.1) is 5.54 Å². The van der Waals surface area contributed by atoms with Crippen molar-refractivity contribution in [2.75, 3.05) is 0 Å². The standard InChI is InChI=1S/C11H12ClN3O3/c1-6(16)14-11(2,3)10-13-9(18-15-10)7-4-5-8(12)17-7/h4-5H,1-3H3,(H,14,16). The van der Waals surface area contributed by atoms with Crippen LogP contribution in [0.3, 0.4) is 0 Å². The number of hydrogen-bond donors (Lipinski definition) is 1. The molecule has 0 saturated carbocycles. The van der Waals surface area contributed by atoms with Gasteiger partial charge in [0.15, 0.2) is 16.8 Å². The molecular formula is C11H12ClN3O3. The lowest BCUT2D eigenvalue weighted by molar-refractivity contribution is -0.120. The molecule has 2 aromatic heterocycles. The summed E-state index contributed by atoms with van der Waals surface area (Å²) in [4.78, 5) is 15.3. The third-order valence-electron chi connectivity index (χ3n) is 2.26. The van der Waals surface area contributed by atoms with Crippen LogP contribution in [0.2, 0.25) is 5.22 Å². The van der Waals surface area contributed by atoms with E-state index in [-0.39, 0.29) is 17.0 Å². The number of rotatable bonds is 3. The first-order valence-electron chi connectivity index (χ1n) is 5.27. The van der Waals surface area contributed by atoms with Crippen molar-refractivity contribution in [2.45, 2.75) is 26.3 Å². The summed E-state index contributed by atoms with van der Waals surface area (Å²) in [7, 11) is 0. The predicted octanol–water partition coefficient (Wildman–Crippen LogP) is 2.35. The largest absolute Gasteiger partial charge is 0.440 e. The Morgan fingerprint density at radius 1 is 1.44 bits per heavy atom. The highest BCUT2D eigenvalue weighted by molar-refractivity contribution is 6.28. The summed E-state index contributed by atoms with van der Waals surface area (Å²) in [6, 6.07) is 3.21. The fourth-order valence-corrected chi connectivity index (χ4v) is 1.65. The zero-order valence-corrected chi connectivity index (χ0v) is 10.9. The van der Waals surface area contributed by atoms with Crippen LogP contribution in [-0.4, -0.2) is 16.0 Å². The lowest BCUT2D eigenvalue weighted by Gasteiger charge is -2.20. The lowest BCUT2D eigenvalue weighted by Crippen LogP contribution is -2.40. The Hall–Kier alpha value is -1.82. The quantitative estimate of drug-likeness (QED) is 0.925. The lowest BCUT2D eigenvalue weighted by atomic mass is 10.1. The average molecular weight is 270 g/mol. The number of carbonyl (C=O) groups excluding carboxylic acids is 1. The van der Waals surface area contributed by atoms with E-state index in [1.165, 1.54) is 6.92 Å². The van der Waals surface area contributed by atoms with Crippen molar-refractivity contribution >= 4 is 17.5 Å². The van der Waals surface area contributed by atoms with E-state index in [1.807, 2.05) is 0 Å². The third-order valence-corrected chi connectivity index (χ3v) is 2.46. The van der Waals surface area contributed by atoms with Crippen LogP contribution in [0.1, 0.15) is 26.6 Å². The molecule has 0 aliphatic heterocycles. The topological polar surface area (TPSA) is 81.2 Å². The number of nitrogens with zero attached hydrogens (tertiary/aromatic N) is 2. The van der Waals surface area contributed by atoms with Gasteiger partial charge >= 0.3 is 0 Å². The molecule has 0 unspecified atom stereocenters. The van der Waals surface area contributed by atoms with Crippen LogP contribution < -0.4 is 5.32 Å². The molecule has 0 atom stereocenters. The van der Waals surface area contributed by atoms with E-state index in [2.05, 4.69) is 15.5 Å². The molecule has 2 rings (SSSR count). The summed E-state index contributed by atoms with van der Waals surface area (Å²) >= 11 is 5.66. The number of nitrogens with one attached hydrogen (secondary N) is 1. The Labute approximate surface area is 108 Å². The smallest absolute Gasteiger partial charge is 0.293 e. The fraction of sp³-hybridized carbons (Fsp3) is 0.364. The van der Waals surface area contributed by atoms with Crippen molar-refractivity contribution in [3.05, 3.63) is 23.2 Å². The van der Waals surface area contributed by atoms with Crippen molar-refractivity contribution in [1.29, 1.82) is 0 Å². The zero-order valence-electron chi connectivity index (χ0n) is 10.2. The van der Waals surface area contributed by atoms with Gasteiger partial charge in [-0.3, -0.25) is 4.79 Å². The minimum Gasteiger partial charge on any atom is -0.440 e. The van der Waals surface area contributed by atoms with Gasteiger partial charge < -0.3 is 14.3 Å². The molecule has 0 aliphatic rings. The second kappa shape index (κ2) is 4.45. The van der Waals surface area contributed by atoms with Crippen LogP contribution in [0.15, 0.2) is 21.1 Å². The molecule has 96 valence electrons. The van der Waals surface area contributed by atoms with E-state index in [9.17, 15) is 4.79 Å². The predicted molar refractivity (Wildman–Crippen MR) is 63.9 cm³/mol. The molecule has 7 heteroatoms. The molecule has 2 heterocycles. The Kier molecular flexibility index (Phi) is 3.13. The molecule has 1 amide bonds. The SMILES string of the molecule is CC(=O)NC(C)(C)c1noc(-c2ccc(Cl)o2)n1. The van der Waals surface area contributed by atoms with Gasteiger partial charge in [0.2, 0.25) is 5.91 Å². The average Bonchev–Trinajstić information content (AvgIpc) is 2.83. The van der Waals surface area contributed by atoms with Crippen molar-refractivity contribution in [3.63, 3.8) is 0 Å². The van der Waals surface area contributed by atoms with E-state index in [4.69, 9.17) is 20.5 Å². The summed E-state index contributed by atoms with van der Waals surface area (Å²) in [5.74, 6) is 0.792. The van der Waals surface area contributed by atoms with Crippen molar-refractivity contribution in [2.24, 2.45) is 0 Å². The summed E-state index contributed by atoms with van der Waals surface area (Å²) < 4.78 is 10.2. The minimum atomic E-state index is -0.718. The van der Waals surface area contributed by atoms with Crippen molar-refractivity contribution < 1.29 is 13.7 Å². The number of aromatic nitrogens is 2. The molecule has 18 heavy (non-hydrogen) atoms. The minimum absolute atomic E-state index is 0.174. The molecule has 0 bridgehead atoms. The van der Waals surface area contributed by atoms with E-state index in [0.29, 0.717) is 11.6 Å². The van der Waals surface area contributed by atoms with Gasteiger partial charge in [-0.15, -0.1) is 0 Å². The first kappa shape index (κ1) is 12.6. The highest BCUT2D eigenvalue weighted by atomic mass is 35.5. The zero-order chi connectivity index (χ0) is 13.3. The van der Waals surface area contributed by atoms with Crippen LogP contribution in [0, 0.1) is 0 Å². The highest BCUT2D eigenvalue weighted by Gasteiger charge is 2.28. The maximum atomic E-state index is 11.1. The fourth-order valence-electron chi connectivity index (χ4n) is 1.50. The van der Waals surface area contributed by atoms with Crippen LogP contribution >= 0.6 is 11.6 Å². The molecule has 0 saturated heterocycles. The second-order valence-electron chi connectivity index (χ2n) is 4.33. The maximum Gasteiger partial charge on any atom is 0.293 e. The van der Waals surface area contributed by atoms with Crippen LogP contribution in [0.25, 0.3) is 11.7 Å².